The van der Waals surface area contributed by atoms with Crippen LogP contribution in [0.15, 0.2) is 67.0 Å². The molecule has 1 heterocycles. The third kappa shape index (κ3) is 4.82. The van der Waals surface area contributed by atoms with E-state index in [0.29, 0.717) is 36.1 Å². The number of amides is 1. The van der Waals surface area contributed by atoms with E-state index in [0.717, 1.165) is 5.56 Å². The number of benzene rings is 2. The normalized spacial score (nSPS) is 10.3. The number of aromatic nitrogens is 2. The summed E-state index contributed by atoms with van der Waals surface area (Å²) in [6.45, 7) is 3.11. The Balaban J connectivity index is 1.67. The van der Waals surface area contributed by atoms with Crippen LogP contribution in [0.25, 0.3) is 0 Å². The van der Waals surface area contributed by atoms with Crippen LogP contribution in [0.4, 0.5) is 11.6 Å². The molecule has 0 saturated carbocycles. The predicted molar refractivity (Wildman–Crippen MR) is 106 cm³/mol. The fourth-order valence-electron chi connectivity index (χ4n) is 2.61. The third-order valence-electron chi connectivity index (χ3n) is 3.94. The van der Waals surface area contributed by atoms with Gasteiger partial charge in [0.15, 0.2) is 0 Å². The van der Waals surface area contributed by atoms with Crippen LogP contribution in [0.3, 0.4) is 0 Å². The van der Waals surface area contributed by atoms with Gasteiger partial charge in [-0.15, -0.1) is 0 Å². The van der Waals surface area contributed by atoms with Crippen molar-refractivity contribution in [2.75, 3.05) is 23.9 Å². The van der Waals surface area contributed by atoms with Crippen molar-refractivity contribution in [1.82, 2.24) is 9.97 Å². The lowest BCUT2D eigenvalue weighted by molar-refractivity contribution is 0.102. The lowest BCUT2D eigenvalue weighted by Gasteiger charge is -2.17. The summed E-state index contributed by atoms with van der Waals surface area (Å²) in [6, 6.07) is 17.4. The summed E-state index contributed by atoms with van der Waals surface area (Å²) in [5, 5.41) is 2.84. The summed E-state index contributed by atoms with van der Waals surface area (Å²) in [5.41, 5.74) is 2.17. The molecular weight excluding hydrogens is 340 g/mol. The minimum absolute atomic E-state index is 0.278. The zero-order chi connectivity index (χ0) is 19.1. The van der Waals surface area contributed by atoms with Gasteiger partial charge < -0.3 is 15.0 Å². The largest absolute Gasteiger partial charge is 0.492 e. The zero-order valence-corrected chi connectivity index (χ0v) is 15.4. The Labute approximate surface area is 158 Å². The van der Waals surface area contributed by atoms with Crippen LogP contribution in [-0.2, 0) is 6.54 Å². The molecule has 0 aliphatic rings. The highest BCUT2D eigenvalue weighted by Gasteiger charge is 2.12. The van der Waals surface area contributed by atoms with Crippen LogP contribution in [0.2, 0.25) is 0 Å². The highest BCUT2D eigenvalue weighted by atomic mass is 16.5. The number of carbonyl (C=O) groups excluding carboxylic acids is 1. The second kappa shape index (κ2) is 8.80. The first-order valence-corrected chi connectivity index (χ1v) is 8.77. The summed E-state index contributed by atoms with van der Waals surface area (Å²) in [7, 11) is 1.92. The maximum Gasteiger partial charge on any atom is 0.258 e. The summed E-state index contributed by atoms with van der Waals surface area (Å²) >= 11 is 0. The Morgan fingerprint density at radius 1 is 1.04 bits per heavy atom. The summed E-state index contributed by atoms with van der Waals surface area (Å²) in [6.07, 6.45) is 3.06. The average molecular weight is 362 g/mol. The number of para-hydroxylation sites is 2. The van der Waals surface area contributed by atoms with E-state index in [9.17, 15) is 4.79 Å². The molecule has 0 aliphatic carbocycles. The van der Waals surface area contributed by atoms with Crippen molar-refractivity contribution in [2.45, 2.75) is 13.5 Å². The molecule has 0 atom stereocenters. The van der Waals surface area contributed by atoms with Crippen LogP contribution in [0.1, 0.15) is 22.8 Å². The van der Waals surface area contributed by atoms with E-state index in [1.54, 1.807) is 6.07 Å². The lowest BCUT2D eigenvalue weighted by Crippen LogP contribution is -2.20. The lowest BCUT2D eigenvalue weighted by atomic mass is 10.2. The van der Waals surface area contributed by atoms with Crippen LogP contribution in [0, 0.1) is 0 Å². The van der Waals surface area contributed by atoms with E-state index in [-0.39, 0.29) is 5.91 Å². The number of ether oxygens (including phenoxy) is 1. The van der Waals surface area contributed by atoms with E-state index in [4.69, 9.17) is 4.74 Å². The van der Waals surface area contributed by atoms with Crippen LogP contribution >= 0.6 is 0 Å². The van der Waals surface area contributed by atoms with Crippen molar-refractivity contribution in [3.63, 3.8) is 0 Å². The Hall–Kier alpha value is -3.41. The van der Waals surface area contributed by atoms with E-state index in [1.165, 1.54) is 12.4 Å². The molecule has 6 nitrogen and oxygen atoms in total. The van der Waals surface area contributed by atoms with Crippen LogP contribution in [-0.4, -0.2) is 29.5 Å². The molecule has 0 radical (unpaired) electrons. The molecule has 6 heteroatoms. The van der Waals surface area contributed by atoms with E-state index < -0.39 is 0 Å². The van der Waals surface area contributed by atoms with Gasteiger partial charge in [-0.1, -0.05) is 42.5 Å². The number of anilines is 2. The van der Waals surface area contributed by atoms with Crippen LogP contribution < -0.4 is 15.0 Å². The monoisotopic (exact) mass is 362 g/mol. The van der Waals surface area contributed by atoms with E-state index in [1.807, 2.05) is 67.4 Å². The fraction of sp³-hybridized carbons (Fsp3) is 0.190. The second-order valence-electron chi connectivity index (χ2n) is 6.00. The molecule has 0 spiro atoms. The molecular formula is C21H22N4O2. The Morgan fingerprint density at radius 2 is 1.70 bits per heavy atom. The van der Waals surface area contributed by atoms with Gasteiger partial charge >= 0.3 is 0 Å². The maximum absolute atomic E-state index is 12.5. The molecule has 1 aromatic heterocycles. The summed E-state index contributed by atoms with van der Waals surface area (Å²) in [5.74, 6) is 0.915. The quantitative estimate of drug-likeness (QED) is 0.693. The molecule has 0 bridgehead atoms. The van der Waals surface area contributed by atoms with E-state index >= 15 is 0 Å². The molecule has 138 valence electrons. The topological polar surface area (TPSA) is 67.3 Å². The zero-order valence-electron chi connectivity index (χ0n) is 15.4. The van der Waals surface area contributed by atoms with Crippen molar-refractivity contribution in [3.8, 4) is 5.75 Å². The van der Waals surface area contributed by atoms with Crippen LogP contribution in [0.5, 0.6) is 5.75 Å². The van der Waals surface area contributed by atoms with Gasteiger partial charge in [-0.05, 0) is 24.6 Å². The van der Waals surface area contributed by atoms with Gasteiger partial charge in [0.25, 0.3) is 5.91 Å². The predicted octanol–water partition coefficient (Wildman–Crippen LogP) is 3.76. The third-order valence-corrected chi connectivity index (χ3v) is 3.94. The average Bonchev–Trinajstić information content (AvgIpc) is 2.70. The van der Waals surface area contributed by atoms with Gasteiger partial charge in [-0.2, -0.15) is 0 Å². The van der Waals surface area contributed by atoms with Crippen molar-refractivity contribution >= 4 is 17.5 Å². The molecule has 0 unspecified atom stereocenters. The maximum atomic E-state index is 12.5. The van der Waals surface area contributed by atoms with Gasteiger partial charge in [-0.3, -0.25) is 4.79 Å². The summed E-state index contributed by atoms with van der Waals surface area (Å²) in [4.78, 5) is 23.1. The number of carbonyl (C=O) groups is 1. The molecule has 3 aromatic rings. The number of nitrogens with zero attached hydrogens (tertiary/aromatic N) is 3. The number of rotatable bonds is 7. The van der Waals surface area contributed by atoms with Gasteiger partial charge in [0.05, 0.1) is 17.9 Å². The van der Waals surface area contributed by atoms with E-state index in [2.05, 4.69) is 15.3 Å². The minimum Gasteiger partial charge on any atom is -0.492 e. The Morgan fingerprint density at radius 3 is 2.41 bits per heavy atom. The SMILES string of the molecule is CCOc1ccccc1NC(=O)c1cnc(N(C)Cc2ccccc2)nc1. The van der Waals surface area contributed by atoms with Gasteiger partial charge in [0.2, 0.25) is 5.95 Å². The fourth-order valence-corrected chi connectivity index (χ4v) is 2.61. The molecule has 1 N–H and O–H groups in total. The molecule has 0 aliphatic heterocycles. The van der Waals surface area contributed by atoms with Crippen molar-refractivity contribution in [1.29, 1.82) is 0 Å². The standard InChI is InChI=1S/C21H22N4O2/c1-3-27-19-12-8-7-11-18(19)24-20(26)17-13-22-21(23-14-17)25(2)15-16-9-5-4-6-10-16/h4-14H,3,15H2,1-2H3,(H,24,26). The molecule has 0 fully saturated rings. The molecule has 1 amide bonds. The van der Waals surface area contributed by atoms with Gasteiger partial charge in [0, 0.05) is 26.0 Å². The van der Waals surface area contributed by atoms with Gasteiger partial charge in [0.1, 0.15) is 5.75 Å². The number of nitrogens with one attached hydrogen (secondary N) is 1. The Bertz CT molecular complexity index is 882. The second-order valence-corrected chi connectivity index (χ2v) is 6.00. The smallest absolute Gasteiger partial charge is 0.258 e. The Kier molecular flexibility index (Phi) is 5.99. The first-order chi connectivity index (χ1) is 13.2. The first kappa shape index (κ1) is 18.4. The van der Waals surface area contributed by atoms with Crippen molar-refractivity contribution in [3.05, 3.63) is 78.1 Å². The van der Waals surface area contributed by atoms with Crippen molar-refractivity contribution in [2.24, 2.45) is 0 Å². The number of hydrogen-bond acceptors (Lipinski definition) is 5. The highest BCUT2D eigenvalue weighted by Crippen LogP contribution is 2.24. The molecule has 27 heavy (non-hydrogen) atoms. The number of hydrogen-bond donors (Lipinski definition) is 1. The van der Waals surface area contributed by atoms with Crippen molar-refractivity contribution < 1.29 is 9.53 Å². The summed E-state index contributed by atoms with van der Waals surface area (Å²) < 4.78 is 5.53. The minimum atomic E-state index is -0.278. The molecule has 3 rings (SSSR count). The molecule has 0 saturated heterocycles. The molecule has 2 aromatic carbocycles. The first-order valence-electron chi connectivity index (χ1n) is 8.77. The highest BCUT2D eigenvalue weighted by molar-refractivity contribution is 6.04. The van der Waals surface area contributed by atoms with Gasteiger partial charge in [-0.25, -0.2) is 9.97 Å².